The van der Waals surface area contributed by atoms with Crippen LogP contribution in [0.1, 0.15) is 29.5 Å². The van der Waals surface area contributed by atoms with E-state index in [0.29, 0.717) is 28.7 Å². The van der Waals surface area contributed by atoms with Crippen molar-refractivity contribution >= 4 is 48.9 Å². The van der Waals surface area contributed by atoms with Gasteiger partial charge in [0.2, 0.25) is 16.0 Å². The molecule has 1 heterocycles. The molecule has 0 saturated heterocycles. The van der Waals surface area contributed by atoms with Crippen molar-refractivity contribution in [3.8, 4) is 0 Å². The van der Waals surface area contributed by atoms with Crippen molar-refractivity contribution in [1.29, 1.82) is 0 Å². The Morgan fingerprint density at radius 1 is 0.800 bits per heavy atom. The molecule has 208 valence electrons. The summed E-state index contributed by atoms with van der Waals surface area (Å²) in [5.74, 6) is 0.868. The van der Waals surface area contributed by atoms with Gasteiger partial charge in [-0.05, 0) is 74.2 Å². The second kappa shape index (κ2) is 11.2. The zero-order chi connectivity index (χ0) is 28.3. The molecule has 1 saturated carbocycles. The van der Waals surface area contributed by atoms with Gasteiger partial charge in [0.25, 0.3) is 10.0 Å². The highest BCUT2D eigenvalue weighted by molar-refractivity contribution is 7.92. The standard InChI is InChI=1S/C28H30N6O4S2/c1-19-8-11-24(16-26(19)40(37,38)34-23-6-4-3-5-7-23)32-28-29-17-20(2)27(33-28)31-22-12-9-21(10-13-22)18-30-39(35,36)25-14-15-25/h3-13,16-17,25,30,34H,14-15,18H2,1-2H3,(H2,29,31,32,33). The summed E-state index contributed by atoms with van der Waals surface area (Å²) < 4.78 is 55.5. The molecular formula is C28H30N6O4S2. The number of anilines is 5. The largest absolute Gasteiger partial charge is 0.340 e. The predicted molar refractivity (Wildman–Crippen MR) is 157 cm³/mol. The molecule has 12 heteroatoms. The van der Waals surface area contributed by atoms with Crippen LogP contribution in [-0.2, 0) is 26.6 Å². The van der Waals surface area contributed by atoms with E-state index in [0.717, 1.165) is 29.7 Å². The maximum atomic E-state index is 13.1. The molecule has 1 aliphatic carbocycles. The lowest BCUT2D eigenvalue weighted by Gasteiger charge is -2.14. The van der Waals surface area contributed by atoms with Crippen molar-refractivity contribution in [3.63, 3.8) is 0 Å². The molecule has 40 heavy (non-hydrogen) atoms. The second-order valence-electron chi connectivity index (χ2n) is 9.69. The molecule has 1 fully saturated rings. The molecule has 0 aliphatic heterocycles. The van der Waals surface area contributed by atoms with E-state index in [9.17, 15) is 16.8 Å². The molecule has 0 radical (unpaired) electrons. The number of hydrogen-bond donors (Lipinski definition) is 4. The first-order valence-electron chi connectivity index (χ1n) is 12.7. The molecule has 4 aromatic rings. The number of rotatable bonds is 11. The third kappa shape index (κ3) is 6.76. The maximum absolute atomic E-state index is 13.1. The predicted octanol–water partition coefficient (Wildman–Crippen LogP) is 4.96. The van der Waals surface area contributed by atoms with E-state index >= 15 is 0 Å². The average Bonchev–Trinajstić information content (AvgIpc) is 3.78. The first-order chi connectivity index (χ1) is 19.1. The SMILES string of the molecule is Cc1ccc(Nc2ncc(C)c(Nc3ccc(CNS(=O)(=O)C4CC4)cc3)n2)cc1S(=O)(=O)Nc1ccccc1. The lowest BCUT2D eigenvalue weighted by Crippen LogP contribution is -2.26. The highest BCUT2D eigenvalue weighted by atomic mass is 32.2. The lowest BCUT2D eigenvalue weighted by atomic mass is 10.2. The summed E-state index contributed by atoms with van der Waals surface area (Å²) in [4.78, 5) is 9.06. The molecule has 5 rings (SSSR count). The van der Waals surface area contributed by atoms with E-state index in [1.807, 2.05) is 37.3 Å². The Labute approximate surface area is 234 Å². The molecule has 0 spiro atoms. The van der Waals surface area contributed by atoms with Crippen LogP contribution in [0, 0.1) is 13.8 Å². The molecular weight excluding hydrogens is 548 g/mol. The van der Waals surface area contributed by atoms with Crippen LogP contribution < -0.4 is 20.1 Å². The van der Waals surface area contributed by atoms with E-state index in [4.69, 9.17) is 0 Å². The lowest BCUT2D eigenvalue weighted by molar-refractivity contribution is 0.580. The van der Waals surface area contributed by atoms with Gasteiger partial charge >= 0.3 is 0 Å². The molecule has 1 aromatic heterocycles. The molecule has 0 unspecified atom stereocenters. The van der Waals surface area contributed by atoms with Crippen molar-refractivity contribution in [2.45, 2.75) is 43.4 Å². The fourth-order valence-corrected chi connectivity index (χ4v) is 6.65. The van der Waals surface area contributed by atoms with Gasteiger partial charge in [-0.3, -0.25) is 4.72 Å². The summed E-state index contributed by atoms with van der Waals surface area (Å²) in [6.45, 7) is 3.86. The van der Waals surface area contributed by atoms with E-state index < -0.39 is 20.0 Å². The van der Waals surface area contributed by atoms with Crippen LogP contribution in [0.3, 0.4) is 0 Å². The minimum absolute atomic E-state index is 0.145. The van der Waals surface area contributed by atoms with Gasteiger partial charge in [0.15, 0.2) is 0 Å². The summed E-state index contributed by atoms with van der Waals surface area (Å²) in [5.41, 5.74) is 4.04. The number of aryl methyl sites for hydroxylation is 2. The summed E-state index contributed by atoms with van der Waals surface area (Å²) >= 11 is 0. The third-order valence-electron chi connectivity index (χ3n) is 6.39. The number of hydrogen-bond acceptors (Lipinski definition) is 8. The van der Waals surface area contributed by atoms with Crippen molar-refractivity contribution in [2.75, 3.05) is 15.4 Å². The van der Waals surface area contributed by atoms with Gasteiger partial charge in [-0.25, -0.2) is 26.5 Å². The third-order valence-corrected chi connectivity index (χ3v) is 9.81. The first kappa shape index (κ1) is 27.6. The molecule has 0 amide bonds. The van der Waals surface area contributed by atoms with Crippen molar-refractivity contribution in [1.82, 2.24) is 14.7 Å². The van der Waals surface area contributed by atoms with Crippen LogP contribution in [0.5, 0.6) is 0 Å². The average molecular weight is 579 g/mol. The van der Waals surface area contributed by atoms with E-state index in [1.165, 1.54) is 0 Å². The van der Waals surface area contributed by atoms with Crippen molar-refractivity contribution in [3.05, 3.63) is 95.7 Å². The summed E-state index contributed by atoms with van der Waals surface area (Å²) in [7, 11) is -7.05. The van der Waals surface area contributed by atoms with E-state index in [-0.39, 0.29) is 16.7 Å². The van der Waals surface area contributed by atoms with E-state index in [2.05, 4.69) is 30.0 Å². The number of aromatic nitrogens is 2. The van der Waals surface area contributed by atoms with Gasteiger partial charge in [-0.2, -0.15) is 4.98 Å². The minimum Gasteiger partial charge on any atom is -0.340 e. The Morgan fingerprint density at radius 3 is 2.20 bits per heavy atom. The van der Waals surface area contributed by atoms with Gasteiger partial charge in [-0.1, -0.05) is 36.4 Å². The molecule has 4 N–H and O–H groups in total. The number of nitrogens with zero attached hydrogens (tertiary/aromatic N) is 2. The molecule has 3 aromatic carbocycles. The zero-order valence-corrected chi connectivity index (χ0v) is 23.7. The van der Waals surface area contributed by atoms with Crippen LogP contribution in [0.15, 0.2) is 83.9 Å². The Hall–Kier alpha value is -4.00. The van der Waals surface area contributed by atoms with Gasteiger partial charge in [0, 0.05) is 35.4 Å². The first-order valence-corrected chi connectivity index (χ1v) is 15.8. The highest BCUT2D eigenvalue weighted by Crippen LogP contribution is 2.28. The monoisotopic (exact) mass is 578 g/mol. The number of para-hydroxylation sites is 1. The Kier molecular flexibility index (Phi) is 7.74. The Bertz CT molecular complexity index is 1720. The van der Waals surface area contributed by atoms with Crippen LogP contribution in [-0.4, -0.2) is 32.1 Å². The summed E-state index contributed by atoms with van der Waals surface area (Å²) in [5, 5.41) is 6.11. The van der Waals surface area contributed by atoms with Crippen LogP contribution >= 0.6 is 0 Å². The fourth-order valence-electron chi connectivity index (χ4n) is 3.96. The fraction of sp³-hybridized carbons (Fsp3) is 0.214. The number of benzene rings is 3. The minimum atomic E-state index is -3.81. The molecule has 10 nitrogen and oxygen atoms in total. The Morgan fingerprint density at radius 2 is 1.50 bits per heavy atom. The second-order valence-corrected chi connectivity index (χ2v) is 13.4. The molecule has 0 atom stereocenters. The summed E-state index contributed by atoms with van der Waals surface area (Å²) in [6.07, 6.45) is 3.12. The van der Waals surface area contributed by atoms with Gasteiger partial charge in [-0.15, -0.1) is 0 Å². The number of nitrogens with one attached hydrogen (secondary N) is 4. The van der Waals surface area contributed by atoms with Gasteiger partial charge < -0.3 is 10.6 Å². The topological polar surface area (TPSA) is 142 Å². The maximum Gasteiger partial charge on any atom is 0.262 e. The van der Waals surface area contributed by atoms with Gasteiger partial charge in [0.1, 0.15) is 5.82 Å². The molecule has 1 aliphatic rings. The normalized spacial score (nSPS) is 13.6. The van der Waals surface area contributed by atoms with E-state index in [1.54, 1.807) is 55.6 Å². The Balaban J connectivity index is 1.28. The van der Waals surface area contributed by atoms with Crippen LogP contribution in [0.4, 0.5) is 28.8 Å². The summed E-state index contributed by atoms with van der Waals surface area (Å²) in [6, 6.07) is 21.2. The molecule has 0 bridgehead atoms. The zero-order valence-electron chi connectivity index (χ0n) is 22.0. The number of sulfonamides is 2. The van der Waals surface area contributed by atoms with Crippen molar-refractivity contribution in [2.24, 2.45) is 0 Å². The smallest absolute Gasteiger partial charge is 0.262 e. The van der Waals surface area contributed by atoms with Gasteiger partial charge in [0.05, 0.1) is 10.1 Å². The van der Waals surface area contributed by atoms with Crippen LogP contribution in [0.2, 0.25) is 0 Å². The van der Waals surface area contributed by atoms with Crippen LogP contribution in [0.25, 0.3) is 0 Å². The van der Waals surface area contributed by atoms with Crippen molar-refractivity contribution < 1.29 is 16.8 Å². The highest BCUT2D eigenvalue weighted by Gasteiger charge is 2.35. The quantitative estimate of drug-likeness (QED) is 0.196.